The summed E-state index contributed by atoms with van der Waals surface area (Å²) >= 11 is 0. The van der Waals surface area contributed by atoms with Gasteiger partial charge < -0.3 is 9.47 Å². The predicted molar refractivity (Wildman–Crippen MR) is 68.9 cm³/mol. The van der Waals surface area contributed by atoms with Gasteiger partial charge in [-0.2, -0.15) is 0 Å². The highest BCUT2D eigenvalue weighted by atomic mass is 16.5. The van der Waals surface area contributed by atoms with Gasteiger partial charge in [0.2, 0.25) is 0 Å². The molecule has 0 saturated heterocycles. The molecule has 0 aliphatic carbocycles. The number of rotatable bonds is 5. The van der Waals surface area contributed by atoms with Gasteiger partial charge in [-0.15, -0.1) is 0 Å². The fraction of sp³-hybridized carbons (Fsp3) is 0.286. The molecule has 4 nitrogen and oxygen atoms in total. The molecule has 2 aromatic rings. The zero-order valence-corrected chi connectivity index (χ0v) is 10.6. The van der Waals surface area contributed by atoms with Crippen LogP contribution in [0.25, 0.3) is 11.4 Å². The van der Waals surface area contributed by atoms with Crippen LogP contribution >= 0.6 is 0 Å². The number of ether oxygens (including phenoxy) is 2. The summed E-state index contributed by atoms with van der Waals surface area (Å²) in [6.45, 7) is 1.10. The lowest BCUT2D eigenvalue weighted by molar-refractivity contribution is 0.184. The molecule has 0 atom stereocenters. The molecule has 0 aromatic carbocycles. The molecule has 0 amide bonds. The Labute approximate surface area is 107 Å². The molecule has 2 aromatic heterocycles. The molecule has 0 radical (unpaired) electrons. The molecular formula is C14H16N2O2. The second-order valence-corrected chi connectivity index (χ2v) is 3.93. The van der Waals surface area contributed by atoms with E-state index in [2.05, 4.69) is 9.97 Å². The molecule has 0 aliphatic rings. The summed E-state index contributed by atoms with van der Waals surface area (Å²) in [5, 5.41) is 0. The van der Waals surface area contributed by atoms with Crippen LogP contribution in [0.15, 0.2) is 36.7 Å². The van der Waals surface area contributed by atoms with E-state index < -0.39 is 0 Å². The Morgan fingerprint density at radius 1 is 1.00 bits per heavy atom. The van der Waals surface area contributed by atoms with Crippen molar-refractivity contribution in [2.75, 3.05) is 14.2 Å². The first-order valence-corrected chi connectivity index (χ1v) is 5.72. The fourth-order valence-electron chi connectivity index (χ4n) is 1.80. The molecule has 18 heavy (non-hydrogen) atoms. The van der Waals surface area contributed by atoms with Crippen molar-refractivity contribution in [1.29, 1.82) is 0 Å². The van der Waals surface area contributed by atoms with E-state index in [9.17, 15) is 0 Å². The van der Waals surface area contributed by atoms with Crippen LogP contribution in [0.1, 0.15) is 11.1 Å². The first kappa shape index (κ1) is 12.7. The molecule has 0 saturated carbocycles. The molecule has 0 fully saturated rings. The van der Waals surface area contributed by atoms with Gasteiger partial charge in [-0.05, 0) is 23.8 Å². The molecule has 0 unspecified atom stereocenters. The standard InChI is InChI=1S/C14H16N2O2/c1-17-9-11-5-7-15-13(8-11)14-12(10-18-2)4-3-6-16-14/h3-8H,9-10H2,1-2H3. The number of aromatic nitrogens is 2. The topological polar surface area (TPSA) is 44.2 Å². The van der Waals surface area contributed by atoms with E-state index in [0.717, 1.165) is 22.5 Å². The van der Waals surface area contributed by atoms with Gasteiger partial charge in [0.1, 0.15) is 0 Å². The third-order valence-electron chi connectivity index (χ3n) is 2.57. The van der Waals surface area contributed by atoms with E-state index >= 15 is 0 Å². The van der Waals surface area contributed by atoms with Crippen LogP contribution in [0.3, 0.4) is 0 Å². The minimum atomic E-state index is 0.527. The summed E-state index contributed by atoms with van der Waals surface area (Å²) in [6, 6.07) is 7.82. The first-order chi connectivity index (χ1) is 8.85. The van der Waals surface area contributed by atoms with Crippen LogP contribution in [0.2, 0.25) is 0 Å². The zero-order chi connectivity index (χ0) is 12.8. The van der Waals surface area contributed by atoms with Gasteiger partial charge in [-0.3, -0.25) is 9.97 Å². The van der Waals surface area contributed by atoms with Crippen molar-refractivity contribution < 1.29 is 9.47 Å². The van der Waals surface area contributed by atoms with Crippen LogP contribution in [0.4, 0.5) is 0 Å². The van der Waals surface area contributed by atoms with E-state index in [1.54, 1.807) is 26.6 Å². The van der Waals surface area contributed by atoms with Gasteiger partial charge in [-0.1, -0.05) is 6.07 Å². The monoisotopic (exact) mass is 244 g/mol. The second-order valence-electron chi connectivity index (χ2n) is 3.93. The molecule has 0 N–H and O–H groups in total. The van der Waals surface area contributed by atoms with Crippen molar-refractivity contribution in [3.8, 4) is 11.4 Å². The summed E-state index contributed by atoms with van der Waals surface area (Å²) in [6.07, 6.45) is 3.54. The Bertz CT molecular complexity index is 515. The second kappa shape index (κ2) is 6.23. The van der Waals surface area contributed by atoms with Crippen LogP contribution in [0.5, 0.6) is 0 Å². The smallest absolute Gasteiger partial charge is 0.0941 e. The van der Waals surface area contributed by atoms with Gasteiger partial charge in [0.15, 0.2) is 0 Å². The Kier molecular flexibility index (Phi) is 4.39. The molecular weight excluding hydrogens is 228 g/mol. The van der Waals surface area contributed by atoms with Gasteiger partial charge in [-0.25, -0.2) is 0 Å². The predicted octanol–water partition coefficient (Wildman–Crippen LogP) is 2.44. The van der Waals surface area contributed by atoms with Crippen molar-refractivity contribution in [1.82, 2.24) is 9.97 Å². The summed E-state index contributed by atoms with van der Waals surface area (Å²) in [5.41, 5.74) is 3.81. The third kappa shape index (κ3) is 2.91. The molecule has 94 valence electrons. The maximum atomic E-state index is 5.18. The van der Waals surface area contributed by atoms with E-state index in [0.29, 0.717) is 13.2 Å². The van der Waals surface area contributed by atoms with Gasteiger partial charge in [0.05, 0.1) is 24.6 Å². The highest BCUT2D eigenvalue weighted by Gasteiger charge is 2.08. The summed E-state index contributed by atoms with van der Waals surface area (Å²) in [5.74, 6) is 0. The molecule has 0 bridgehead atoms. The third-order valence-corrected chi connectivity index (χ3v) is 2.57. The van der Waals surface area contributed by atoms with Crippen molar-refractivity contribution in [3.05, 3.63) is 47.8 Å². The number of nitrogens with zero attached hydrogens (tertiary/aromatic N) is 2. The quantitative estimate of drug-likeness (QED) is 0.810. The lowest BCUT2D eigenvalue weighted by Gasteiger charge is -2.08. The Morgan fingerprint density at radius 2 is 1.83 bits per heavy atom. The highest BCUT2D eigenvalue weighted by molar-refractivity contribution is 5.59. The van der Waals surface area contributed by atoms with Crippen LogP contribution in [-0.2, 0) is 22.7 Å². The SMILES string of the molecule is COCc1ccnc(-c2ncccc2COC)c1. The average molecular weight is 244 g/mol. The largest absolute Gasteiger partial charge is 0.380 e. The Balaban J connectivity index is 2.38. The van der Waals surface area contributed by atoms with Crippen molar-refractivity contribution in [2.45, 2.75) is 13.2 Å². The molecule has 4 heteroatoms. The van der Waals surface area contributed by atoms with Gasteiger partial charge >= 0.3 is 0 Å². The summed E-state index contributed by atoms with van der Waals surface area (Å²) in [4.78, 5) is 8.75. The van der Waals surface area contributed by atoms with Crippen LogP contribution in [0, 0.1) is 0 Å². The Morgan fingerprint density at radius 3 is 2.61 bits per heavy atom. The van der Waals surface area contributed by atoms with Crippen molar-refractivity contribution in [3.63, 3.8) is 0 Å². The molecule has 2 rings (SSSR count). The number of hydrogen-bond donors (Lipinski definition) is 0. The Hall–Kier alpha value is -1.78. The maximum absolute atomic E-state index is 5.18. The van der Waals surface area contributed by atoms with E-state index in [1.165, 1.54) is 0 Å². The fourth-order valence-corrected chi connectivity index (χ4v) is 1.80. The highest BCUT2D eigenvalue weighted by Crippen LogP contribution is 2.20. The van der Waals surface area contributed by atoms with Crippen LogP contribution in [-0.4, -0.2) is 24.2 Å². The number of methoxy groups -OCH3 is 2. The van der Waals surface area contributed by atoms with Gasteiger partial charge in [0.25, 0.3) is 0 Å². The normalized spacial score (nSPS) is 10.6. The van der Waals surface area contributed by atoms with Gasteiger partial charge in [0, 0.05) is 32.2 Å². The van der Waals surface area contributed by atoms with E-state index in [-0.39, 0.29) is 0 Å². The maximum Gasteiger partial charge on any atom is 0.0941 e. The lowest BCUT2D eigenvalue weighted by Crippen LogP contribution is -1.97. The number of hydrogen-bond acceptors (Lipinski definition) is 4. The minimum Gasteiger partial charge on any atom is -0.380 e. The first-order valence-electron chi connectivity index (χ1n) is 5.72. The van der Waals surface area contributed by atoms with E-state index in [4.69, 9.17) is 9.47 Å². The average Bonchev–Trinajstić information content (AvgIpc) is 2.40. The van der Waals surface area contributed by atoms with Crippen LogP contribution < -0.4 is 0 Å². The molecule has 0 spiro atoms. The molecule has 2 heterocycles. The minimum absolute atomic E-state index is 0.527. The lowest BCUT2D eigenvalue weighted by atomic mass is 10.1. The summed E-state index contributed by atoms with van der Waals surface area (Å²) < 4.78 is 10.3. The van der Waals surface area contributed by atoms with Crippen molar-refractivity contribution >= 4 is 0 Å². The zero-order valence-electron chi connectivity index (χ0n) is 10.6. The molecule has 0 aliphatic heterocycles. The summed E-state index contributed by atoms with van der Waals surface area (Å²) in [7, 11) is 3.35. The van der Waals surface area contributed by atoms with E-state index in [1.807, 2.05) is 24.3 Å². The number of pyridine rings is 2. The van der Waals surface area contributed by atoms with Crippen molar-refractivity contribution in [2.24, 2.45) is 0 Å².